The Balaban J connectivity index is 2.99. The predicted molar refractivity (Wildman–Crippen MR) is 63.4 cm³/mol. The van der Waals surface area contributed by atoms with Crippen LogP contribution in [-0.2, 0) is 14.3 Å². The van der Waals surface area contributed by atoms with Crippen molar-refractivity contribution in [1.82, 2.24) is 0 Å². The van der Waals surface area contributed by atoms with Crippen LogP contribution in [0.4, 0.5) is 0 Å². The van der Waals surface area contributed by atoms with Crippen LogP contribution in [0.2, 0.25) is 0 Å². The summed E-state index contributed by atoms with van der Waals surface area (Å²) in [5, 5.41) is 9.88. The SMILES string of the molecule is C=CC(C)(C)C/C(O)=C1/C(=O)C[C@@H](C)OC1=O. The molecular formula is C13H18O4. The number of hydrogen-bond donors (Lipinski definition) is 1. The molecule has 1 aliphatic rings. The molecule has 1 aliphatic heterocycles. The number of esters is 1. The summed E-state index contributed by atoms with van der Waals surface area (Å²) in [6.45, 7) is 9.01. The largest absolute Gasteiger partial charge is 0.511 e. The molecule has 1 heterocycles. The van der Waals surface area contributed by atoms with Crippen LogP contribution in [-0.4, -0.2) is 23.0 Å². The highest BCUT2D eigenvalue weighted by molar-refractivity contribution is 6.19. The van der Waals surface area contributed by atoms with Gasteiger partial charge in [-0.05, 0) is 12.3 Å². The summed E-state index contributed by atoms with van der Waals surface area (Å²) >= 11 is 0. The second-order valence-corrected chi connectivity index (χ2v) is 5.03. The Bertz CT molecular complexity index is 370. The fraction of sp³-hybridized carbons (Fsp3) is 0.538. The van der Waals surface area contributed by atoms with E-state index in [0.29, 0.717) is 0 Å². The standard InChI is InChI=1S/C13H18O4/c1-5-13(3,4)7-10(15)11-9(14)6-8(2)17-12(11)16/h5,8,15H,1,6-7H2,2-4H3/b11-10+/t8-/m1/s1. The first-order valence-corrected chi connectivity index (χ1v) is 5.56. The van der Waals surface area contributed by atoms with Gasteiger partial charge >= 0.3 is 5.97 Å². The molecule has 1 atom stereocenters. The number of Topliss-reactive ketones (excluding diaryl/α,β-unsaturated/α-hetero) is 1. The first-order valence-electron chi connectivity index (χ1n) is 5.56. The molecule has 0 unspecified atom stereocenters. The van der Waals surface area contributed by atoms with Gasteiger partial charge in [0.2, 0.25) is 0 Å². The van der Waals surface area contributed by atoms with Gasteiger partial charge in [-0.3, -0.25) is 4.79 Å². The van der Waals surface area contributed by atoms with E-state index >= 15 is 0 Å². The molecule has 0 amide bonds. The Morgan fingerprint density at radius 1 is 1.59 bits per heavy atom. The van der Waals surface area contributed by atoms with E-state index in [4.69, 9.17) is 4.74 Å². The molecule has 1 rings (SSSR count). The highest BCUT2D eigenvalue weighted by Crippen LogP contribution is 2.29. The van der Waals surface area contributed by atoms with Gasteiger partial charge in [-0.1, -0.05) is 19.9 Å². The van der Waals surface area contributed by atoms with Crippen molar-refractivity contribution in [2.24, 2.45) is 5.41 Å². The number of aliphatic hydroxyl groups is 1. The third-order valence-electron chi connectivity index (χ3n) is 2.73. The smallest absolute Gasteiger partial charge is 0.345 e. The maximum atomic E-state index is 11.7. The zero-order chi connectivity index (χ0) is 13.2. The molecular weight excluding hydrogens is 220 g/mol. The van der Waals surface area contributed by atoms with E-state index in [1.807, 2.05) is 13.8 Å². The van der Waals surface area contributed by atoms with Crippen molar-refractivity contribution in [3.8, 4) is 0 Å². The normalized spacial score (nSPS) is 24.3. The fourth-order valence-electron chi connectivity index (χ4n) is 1.63. The number of carbonyl (C=O) groups is 2. The average Bonchev–Trinajstić information content (AvgIpc) is 2.14. The minimum absolute atomic E-state index is 0.125. The molecule has 0 aromatic carbocycles. The highest BCUT2D eigenvalue weighted by Gasteiger charge is 2.33. The minimum Gasteiger partial charge on any atom is -0.511 e. The van der Waals surface area contributed by atoms with Crippen LogP contribution in [0.15, 0.2) is 24.0 Å². The van der Waals surface area contributed by atoms with Crippen LogP contribution >= 0.6 is 0 Å². The van der Waals surface area contributed by atoms with Gasteiger partial charge in [0.15, 0.2) is 5.78 Å². The molecule has 0 spiro atoms. The molecule has 0 radical (unpaired) electrons. The molecule has 4 nitrogen and oxygen atoms in total. The number of allylic oxidation sites excluding steroid dienone is 2. The third-order valence-corrected chi connectivity index (χ3v) is 2.73. The van der Waals surface area contributed by atoms with E-state index in [9.17, 15) is 14.7 Å². The summed E-state index contributed by atoms with van der Waals surface area (Å²) in [5.74, 6) is -1.30. The fourth-order valence-corrected chi connectivity index (χ4v) is 1.63. The molecule has 1 saturated heterocycles. The number of rotatable bonds is 3. The Labute approximate surface area is 101 Å². The lowest BCUT2D eigenvalue weighted by Gasteiger charge is -2.23. The summed E-state index contributed by atoms with van der Waals surface area (Å²) < 4.78 is 4.94. The van der Waals surface area contributed by atoms with Crippen molar-refractivity contribution >= 4 is 11.8 Å². The molecule has 1 fully saturated rings. The maximum Gasteiger partial charge on any atom is 0.345 e. The lowest BCUT2D eigenvalue weighted by atomic mass is 9.86. The van der Waals surface area contributed by atoms with Crippen LogP contribution in [0.25, 0.3) is 0 Å². The molecule has 1 N–H and O–H groups in total. The van der Waals surface area contributed by atoms with Crippen molar-refractivity contribution in [3.05, 3.63) is 24.0 Å². The van der Waals surface area contributed by atoms with Crippen molar-refractivity contribution in [3.63, 3.8) is 0 Å². The Morgan fingerprint density at radius 3 is 2.65 bits per heavy atom. The number of cyclic esters (lactones) is 1. The molecule has 94 valence electrons. The van der Waals surface area contributed by atoms with Gasteiger partial charge in [0, 0.05) is 12.8 Å². The quantitative estimate of drug-likeness (QED) is 0.269. The first kappa shape index (κ1) is 13.5. The zero-order valence-electron chi connectivity index (χ0n) is 10.4. The van der Waals surface area contributed by atoms with Gasteiger partial charge in [0.05, 0.1) is 0 Å². The van der Waals surface area contributed by atoms with Crippen molar-refractivity contribution in [2.45, 2.75) is 39.7 Å². The number of hydrogen-bond acceptors (Lipinski definition) is 4. The van der Waals surface area contributed by atoms with Crippen molar-refractivity contribution in [1.29, 1.82) is 0 Å². The van der Waals surface area contributed by atoms with Gasteiger partial charge in [-0.15, -0.1) is 6.58 Å². The monoisotopic (exact) mass is 238 g/mol. The van der Waals surface area contributed by atoms with Gasteiger partial charge in [-0.2, -0.15) is 0 Å². The lowest BCUT2D eigenvalue weighted by Crippen LogP contribution is -2.31. The van der Waals surface area contributed by atoms with Crippen LogP contribution in [0, 0.1) is 5.41 Å². The zero-order valence-corrected chi connectivity index (χ0v) is 10.4. The average molecular weight is 238 g/mol. The summed E-state index contributed by atoms with van der Waals surface area (Å²) in [7, 11) is 0. The Morgan fingerprint density at radius 2 is 2.18 bits per heavy atom. The maximum absolute atomic E-state index is 11.7. The van der Waals surface area contributed by atoms with Gasteiger partial charge in [-0.25, -0.2) is 4.79 Å². The molecule has 0 bridgehead atoms. The van der Waals surface area contributed by atoms with Crippen LogP contribution in [0.5, 0.6) is 0 Å². The summed E-state index contributed by atoms with van der Waals surface area (Å²) in [6, 6.07) is 0. The summed E-state index contributed by atoms with van der Waals surface area (Å²) in [5.41, 5.74) is -0.584. The first-order chi connectivity index (χ1) is 7.76. The number of ketones is 1. The van der Waals surface area contributed by atoms with E-state index in [0.717, 1.165) is 0 Å². The van der Waals surface area contributed by atoms with Gasteiger partial charge in [0.25, 0.3) is 0 Å². The number of ether oxygens (including phenoxy) is 1. The van der Waals surface area contributed by atoms with Gasteiger partial charge < -0.3 is 9.84 Å². The summed E-state index contributed by atoms with van der Waals surface area (Å²) in [4.78, 5) is 23.2. The molecule has 0 saturated carbocycles. The van der Waals surface area contributed by atoms with Crippen LogP contribution < -0.4 is 0 Å². The molecule has 17 heavy (non-hydrogen) atoms. The molecule has 4 heteroatoms. The Hall–Kier alpha value is -1.58. The van der Waals surface area contributed by atoms with Crippen molar-refractivity contribution < 1.29 is 19.4 Å². The van der Waals surface area contributed by atoms with Crippen LogP contribution in [0.1, 0.15) is 33.6 Å². The molecule has 0 aromatic heterocycles. The number of carbonyl (C=O) groups excluding carboxylic acids is 2. The van der Waals surface area contributed by atoms with E-state index in [1.54, 1.807) is 13.0 Å². The van der Waals surface area contributed by atoms with Crippen LogP contribution in [0.3, 0.4) is 0 Å². The van der Waals surface area contributed by atoms with E-state index in [-0.39, 0.29) is 35.4 Å². The minimum atomic E-state index is -0.730. The number of aliphatic hydroxyl groups excluding tert-OH is 1. The van der Waals surface area contributed by atoms with Gasteiger partial charge in [0.1, 0.15) is 17.4 Å². The highest BCUT2D eigenvalue weighted by atomic mass is 16.5. The summed E-state index contributed by atoms with van der Waals surface area (Å²) in [6.07, 6.45) is 1.57. The molecule has 0 aromatic rings. The second kappa shape index (κ2) is 4.73. The second-order valence-electron chi connectivity index (χ2n) is 5.03. The molecule has 0 aliphatic carbocycles. The predicted octanol–water partition coefficient (Wildman–Crippen LogP) is 2.31. The Kier molecular flexibility index (Phi) is 3.76. The van der Waals surface area contributed by atoms with Crippen molar-refractivity contribution in [2.75, 3.05) is 0 Å². The lowest BCUT2D eigenvalue weighted by molar-refractivity contribution is -0.150. The topological polar surface area (TPSA) is 63.6 Å². The van der Waals surface area contributed by atoms with E-state index in [2.05, 4.69) is 6.58 Å². The third kappa shape index (κ3) is 3.19. The van der Waals surface area contributed by atoms with E-state index in [1.165, 1.54) is 0 Å². The van der Waals surface area contributed by atoms with E-state index < -0.39 is 12.1 Å².